The van der Waals surface area contributed by atoms with Gasteiger partial charge in [-0.1, -0.05) is 42.5 Å². The highest BCUT2D eigenvalue weighted by atomic mass is 16.5. The largest absolute Gasteiger partial charge is 0.457 e. The number of rotatable bonds is 6. The Morgan fingerprint density at radius 2 is 1.43 bits per heavy atom. The van der Waals surface area contributed by atoms with Gasteiger partial charge in [-0.2, -0.15) is 15.8 Å². The summed E-state index contributed by atoms with van der Waals surface area (Å²) in [4.78, 5) is 0. The number of nitriles is 3. The first kappa shape index (κ1) is 23.1. The molecular formula is C30H21N3O2. The quantitative estimate of drug-likeness (QED) is 0.408. The average Bonchev–Trinajstić information content (AvgIpc) is 3.11. The van der Waals surface area contributed by atoms with Gasteiger partial charge in [0.25, 0.3) is 0 Å². The second-order valence-electron chi connectivity index (χ2n) is 7.94. The van der Waals surface area contributed by atoms with Gasteiger partial charge in [-0.15, -0.1) is 0 Å². The highest BCUT2D eigenvalue weighted by Gasteiger charge is 2.13. The molecule has 0 spiro atoms. The number of ether oxygens (including phenoxy) is 2. The van der Waals surface area contributed by atoms with Crippen LogP contribution in [0, 0.1) is 40.9 Å². The van der Waals surface area contributed by atoms with Crippen molar-refractivity contribution in [2.75, 3.05) is 0 Å². The van der Waals surface area contributed by atoms with Crippen LogP contribution in [0.25, 0.3) is 0 Å². The maximum atomic E-state index is 9.36. The Balaban J connectivity index is 1.65. The Hall–Kier alpha value is -5.05. The van der Waals surface area contributed by atoms with Gasteiger partial charge in [-0.3, -0.25) is 0 Å². The smallest absolute Gasteiger partial charge is 0.130 e. The molecule has 0 saturated carbocycles. The van der Waals surface area contributed by atoms with Gasteiger partial charge in [0.15, 0.2) is 0 Å². The molecular weight excluding hydrogens is 434 g/mol. The lowest BCUT2D eigenvalue weighted by atomic mass is 10.0. The number of aryl methyl sites for hydroxylation is 1. The summed E-state index contributed by atoms with van der Waals surface area (Å²) in [5.41, 5.74) is 3.97. The molecule has 0 N–H and O–H groups in total. The fourth-order valence-electron chi connectivity index (χ4n) is 3.67. The number of para-hydroxylation sites is 1. The van der Waals surface area contributed by atoms with E-state index in [1.807, 2.05) is 73.7 Å². The molecule has 0 amide bonds. The third kappa shape index (κ3) is 5.48. The van der Waals surface area contributed by atoms with Crippen molar-refractivity contribution in [1.29, 1.82) is 15.8 Å². The molecule has 0 unspecified atom stereocenters. The van der Waals surface area contributed by atoms with E-state index < -0.39 is 0 Å². The molecule has 5 nitrogen and oxygen atoms in total. The molecule has 0 fully saturated rings. The topological polar surface area (TPSA) is 89.8 Å². The van der Waals surface area contributed by atoms with E-state index in [2.05, 4.69) is 12.1 Å². The maximum absolute atomic E-state index is 9.36. The molecule has 0 saturated heterocycles. The van der Waals surface area contributed by atoms with E-state index in [1.165, 1.54) is 0 Å². The van der Waals surface area contributed by atoms with Crippen LogP contribution in [0.3, 0.4) is 0 Å². The molecule has 0 bridgehead atoms. The summed E-state index contributed by atoms with van der Waals surface area (Å²) in [6, 6.07) is 24.3. The van der Waals surface area contributed by atoms with Crippen LogP contribution in [0.4, 0.5) is 0 Å². The SMILES string of the molecule is Cc1ccc(OC2=C(Cc3ccccc3Oc3ccc(C#N)c(C#N)c3)C=CCC=C2)cc1C#N. The van der Waals surface area contributed by atoms with Gasteiger partial charge in [-0.25, -0.2) is 0 Å². The van der Waals surface area contributed by atoms with Crippen molar-refractivity contribution in [2.24, 2.45) is 0 Å². The summed E-state index contributed by atoms with van der Waals surface area (Å²) < 4.78 is 12.3. The minimum atomic E-state index is 0.271. The number of benzene rings is 3. The van der Waals surface area contributed by atoms with E-state index in [9.17, 15) is 10.5 Å². The first-order chi connectivity index (χ1) is 17.1. The second-order valence-corrected chi connectivity index (χ2v) is 7.94. The lowest BCUT2D eigenvalue weighted by Gasteiger charge is -2.15. The molecule has 3 aromatic carbocycles. The Morgan fingerprint density at radius 1 is 0.743 bits per heavy atom. The molecule has 0 aliphatic heterocycles. The molecule has 0 atom stereocenters. The fraction of sp³-hybridized carbons (Fsp3) is 0.100. The first-order valence-electron chi connectivity index (χ1n) is 11.1. The average molecular weight is 456 g/mol. The zero-order valence-electron chi connectivity index (χ0n) is 19.2. The van der Waals surface area contributed by atoms with Crippen LogP contribution in [0.1, 0.15) is 34.2 Å². The Kier molecular flexibility index (Phi) is 7.08. The summed E-state index contributed by atoms with van der Waals surface area (Å²) in [6.45, 7) is 1.89. The summed E-state index contributed by atoms with van der Waals surface area (Å²) >= 11 is 0. The normalized spacial score (nSPS) is 12.3. The van der Waals surface area contributed by atoms with Gasteiger partial charge in [-0.05, 0) is 72.5 Å². The highest BCUT2D eigenvalue weighted by Crippen LogP contribution is 2.31. The lowest BCUT2D eigenvalue weighted by Crippen LogP contribution is -2.01. The van der Waals surface area contributed by atoms with Gasteiger partial charge in [0.05, 0.1) is 22.8 Å². The van der Waals surface area contributed by atoms with E-state index in [0.29, 0.717) is 40.6 Å². The molecule has 3 aromatic rings. The van der Waals surface area contributed by atoms with Crippen molar-refractivity contribution in [3.8, 4) is 35.5 Å². The lowest BCUT2D eigenvalue weighted by molar-refractivity contribution is 0.437. The van der Waals surface area contributed by atoms with E-state index in [1.54, 1.807) is 24.3 Å². The van der Waals surface area contributed by atoms with Crippen LogP contribution in [-0.2, 0) is 6.42 Å². The summed E-state index contributed by atoms with van der Waals surface area (Å²) in [7, 11) is 0. The van der Waals surface area contributed by atoms with Gasteiger partial charge in [0, 0.05) is 6.42 Å². The highest BCUT2D eigenvalue weighted by molar-refractivity contribution is 5.51. The minimum absolute atomic E-state index is 0.271. The third-order valence-electron chi connectivity index (χ3n) is 5.55. The molecule has 5 heteroatoms. The summed E-state index contributed by atoms with van der Waals surface area (Å²) in [5, 5.41) is 27.9. The minimum Gasteiger partial charge on any atom is -0.457 e. The van der Waals surface area contributed by atoms with E-state index >= 15 is 0 Å². The molecule has 1 aliphatic rings. The number of allylic oxidation sites excluding steroid dienone is 5. The van der Waals surface area contributed by atoms with Crippen LogP contribution in [-0.4, -0.2) is 0 Å². The summed E-state index contributed by atoms with van der Waals surface area (Å²) in [6.07, 6.45) is 9.42. The van der Waals surface area contributed by atoms with Crippen molar-refractivity contribution in [2.45, 2.75) is 19.8 Å². The molecule has 4 rings (SSSR count). The monoisotopic (exact) mass is 455 g/mol. The first-order valence-corrected chi connectivity index (χ1v) is 11.1. The number of hydrogen-bond acceptors (Lipinski definition) is 5. The van der Waals surface area contributed by atoms with Crippen LogP contribution >= 0.6 is 0 Å². The number of hydrogen-bond donors (Lipinski definition) is 0. The summed E-state index contributed by atoms with van der Waals surface area (Å²) in [5.74, 6) is 2.44. The standard InChI is InChI=1S/C30H21N3O2/c1-21-11-13-27(16-25(21)19-32)34-29-9-4-2-3-7-22(29)15-23-8-5-6-10-30(23)35-28-14-12-24(18-31)26(17-28)20-33/h3-14,16-17H,2,15H2,1H3. The van der Waals surface area contributed by atoms with Crippen molar-refractivity contribution in [3.05, 3.63) is 124 Å². The van der Waals surface area contributed by atoms with Crippen molar-refractivity contribution in [1.82, 2.24) is 0 Å². The van der Waals surface area contributed by atoms with Crippen molar-refractivity contribution in [3.63, 3.8) is 0 Å². The Labute approximate surface area is 204 Å². The molecule has 0 radical (unpaired) electrons. The predicted molar refractivity (Wildman–Crippen MR) is 133 cm³/mol. The molecule has 168 valence electrons. The Morgan fingerprint density at radius 3 is 2.23 bits per heavy atom. The molecule has 35 heavy (non-hydrogen) atoms. The molecule has 1 aliphatic carbocycles. The second kappa shape index (κ2) is 10.7. The van der Waals surface area contributed by atoms with Gasteiger partial charge < -0.3 is 9.47 Å². The van der Waals surface area contributed by atoms with Crippen LogP contribution in [0.2, 0.25) is 0 Å². The van der Waals surface area contributed by atoms with Crippen molar-refractivity contribution < 1.29 is 9.47 Å². The molecule has 0 aromatic heterocycles. The maximum Gasteiger partial charge on any atom is 0.130 e. The zero-order chi connectivity index (χ0) is 24.6. The van der Waals surface area contributed by atoms with Gasteiger partial charge in [0.1, 0.15) is 35.1 Å². The van der Waals surface area contributed by atoms with E-state index in [0.717, 1.165) is 23.1 Å². The van der Waals surface area contributed by atoms with Crippen molar-refractivity contribution >= 4 is 0 Å². The number of nitrogens with zero attached hydrogens (tertiary/aromatic N) is 3. The Bertz CT molecular complexity index is 1490. The predicted octanol–water partition coefficient (Wildman–Crippen LogP) is 6.79. The van der Waals surface area contributed by atoms with Gasteiger partial charge >= 0.3 is 0 Å². The van der Waals surface area contributed by atoms with Gasteiger partial charge in [0.2, 0.25) is 0 Å². The molecule has 0 heterocycles. The van der Waals surface area contributed by atoms with Crippen LogP contribution in [0.5, 0.6) is 17.2 Å². The van der Waals surface area contributed by atoms with E-state index in [4.69, 9.17) is 14.7 Å². The zero-order valence-corrected chi connectivity index (χ0v) is 19.2. The van der Waals surface area contributed by atoms with Crippen LogP contribution in [0.15, 0.2) is 96.3 Å². The third-order valence-corrected chi connectivity index (χ3v) is 5.55. The fourth-order valence-corrected chi connectivity index (χ4v) is 3.67. The van der Waals surface area contributed by atoms with E-state index in [-0.39, 0.29) is 5.56 Å². The van der Waals surface area contributed by atoms with Crippen LogP contribution < -0.4 is 9.47 Å².